The summed E-state index contributed by atoms with van der Waals surface area (Å²) in [7, 11) is 0. The normalized spacial score (nSPS) is 12.2. The molecule has 0 bridgehead atoms. The average molecular weight is 563 g/mol. The monoisotopic (exact) mass is 562 g/mol. The van der Waals surface area contributed by atoms with Crippen LogP contribution in [0.5, 0.6) is 0 Å². The first kappa shape index (κ1) is 23.2. The third kappa shape index (κ3) is 3.28. The maximum absolute atomic E-state index is 4.78. The molecule has 0 saturated heterocycles. The summed E-state index contributed by atoms with van der Waals surface area (Å²) in [6.45, 7) is 0. The summed E-state index contributed by atoms with van der Waals surface area (Å²) in [5.74, 6) is 0. The van der Waals surface area contributed by atoms with E-state index in [0.717, 1.165) is 21.8 Å². The highest BCUT2D eigenvalue weighted by atomic mass is 32.1. The van der Waals surface area contributed by atoms with Gasteiger partial charge in [0.1, 0.15) is 0 Å². The molecule has 0 fully saturated rings. The van der Waals surface area contributed by atoms with Crippen LogP contribution in [0.25, 0.3) is 96.5 Å². The predicted octanol–water partition coefficient (Wildman–Crippen LogP) is 11.4. The van der Waals surface area contributed by atoms with Gasteiger partial charge in [-0.1, -0.05) is 91.0 Å². The molecule has 0 unspecified atom stereocenters. The van der Waals surface area contributed by atoms with E-state index in [-0.39, 0.29) is 0 Å². The molecule has 0 N–H and O–H groups in total. The summed E-state index contributed by atoms with van der Waals surface area (Å²) in [4.78, 5) is 9.50. The Morgan fingerprint density at radius 2 is 1.07 bits per heavy atom. The van der Waals surface area contributed by atoms with Crippen molar-refractivity contribution >= 4 is 85.6 Å². The lowest BCUT2D eigenvalue weighted by molar-refractivity contribution is 1.31. The molecule has 0 spiro atoms. The second-order valence-corrected chi connectivity index (χ2v) is 12.5. The second-order valence-electron chi connectivity index (χ2n) is 11.4. The molecule has 2 heterocycles. The van der Waals surface area contributed by atoms with E-state index >= 15 is 0 Å². The molecule has 0 radical (unpaired) electrons. The fourth-order valence-electron chi connectivity index (χ4n) is 7.10. The highest BCUT2D eigenvalue weighted by molar-refractivity contribution is 7.26. The number of hydrogen-bond donors (Lipinski definition) is 0. The van der Waals surface area contributed by atoms with Gasteiger partial charge in [0.2, 0.25) is 0 Å². The van der Waals surface area contributed by atoms with Crippen LogP contribution in [0.15, 0.2) is 134 Å². The van der Waals surface area contributed by atoms with Crippen LogP contribution < -0.4 is 0 Å². The average Bonchev–Trinajstić information content (AvgIpc) is 3.46. The zero-order valence-electron chi connectivity index (χ0n) is 23.0. The molecular formula is C40H22N2S. The fraction of sp³-hybridized carbons (Fsp3) is 0. The standard InChI is InChI=1S/C40H22N2S/c1-2-6-33-30(5-1)31-14-13-26(22-34(31)40-39(33)41-18-19-42-40)25-10-8-23-9-11-27(21-28(23)20-25)29-16-17-36-38-32(29)15-12-24-4-3-7-35(43-36)37(24)38/h1-22H. The van der Waals surface area contributed by atoms with Crippen molar-refractivity contribution in [1.29, 1.82) is 0 Å². The molecule has 0 atom stereocenters. The van der Waals surface area contributed by atoms with Crippen molar-refractivity contribution in [3.8, 4) is 22.3 Å². The molecular weight excluding hydrogens is 541 g/mol. The summed E-state index contributed by atoms with van der Waals surface area (Å²) >= 11 is 1.89. The molecule has 0 aliphatic heterocycles. The Hall–Kier alpha value is -5.38. The minimum absolute atomic E-state index is 0.947. The Labute approximate surface area is 250 Å². The Balaban J connectivity index is 1.16. The number of benzene rings is 8. The minimum Gasteiger partial charge on any atom is -0.252 e. The summed E-state index contributed by atoms with van der Waals surface area (Å²) in [6.07, 6.45) is 3.58. The zero-order chi connectivity index (χ0) is 28.1. The predicted molar refractivity (Wildman–Crippen MR) is 185 cm³/mol. The minimum atomic E-state index is 0.947. The molecule has 0 saturated carbocycles. The van der Waals surface area contributed by atoms with Crippen LogP contribution in [0.3, 0.4) is 0 Å². The second kappa shape index (κ2) is 8.57. The van der Waals surface area contributed by atoms with Gasteiger partial charge in [0.25, 0.3) is 0 Å². The van der Waals surface area contributed by atoms with Crippen LogP contribution >= 0.6 is 11.3 Å². The molecule has 0 aliphatic carbocycles. The molecule has 3 heteroatoms. The number of rotatable bonds is 2. The molecule has 43 heavy (non-hydrogen) atoms. The van der Waals surface area contributed by atoms with Crippen molar-refractivity contribution in [2.45, 2.75) is 0 Å². The van der Waals surface area contributed by atoms with Crippen LogP contribution in [0.2, 0.25) is 0 Å². The lowest BCUT2D eigenvalue weighted by atomic mass is 9.92. The summed E-state index contributed by atoms with van der Waals surface area (Å²) in [6, 6.07) is 44.7. The van der Waals surface area contributed by atoms with Gasteiger partial charge in [-0.15, -0.1) is 11.3 Å². The molecule has 0 amide bonds. The Bertz CT molecular complexity index is 2700. The quantitative estimate of drug-likeness (QED) is 0.196. The van der Waals surface area contributed by atoms with E-state index in [0.29, 0.717) is 0 Å². The number of thiophene rings is 1. The first-order chi connectivity index (χ1) is 21.3. The maximum atomic E-state index is 4.78. The SMILES string of the molecule is c1cc2ccc3c(-c4ccc5ccc(-c6ccc7c8ccccc8c8nccnc8c7c6)cc5c4)ccc4sc(c1)c2c43. The van der Waals surface area contributed by atoms with Crippen molar-refractivity contribution < 1.29 is 0 Å². The first-order valence-electron chi connectivity index (χ1n) is 14.6. The number of aromatic nitrogens is 2. The van der Waals surface area contributed by atoms with E-state index in [4.69, 9.17) is 9.97 Å². The Morgan fingerprint density at radius 1 is 0.395 bits per heavy atom. The van der Waals surface area contributed by atoms with Gasteiger partial charge in [-0.05, 0) is 84.9 Å². The smallest absolute Gasteiger partial charge is 0.0971 e. The number of fused-ring (bicyclic) bond motifs is 7. The largest absolute Gasteiger partial charge is 0.252 e. The van der Waals surface area contributed by atoms with Gasteiger partial charge in [0.15, 0.2) is 0 Å². The van der Waals surface area contributed by atoms with Gasteiger partial charge in [0, 0.05) is 43.3 Å². The van der Waals surface area contributed by atoms with Gasteiger partial charge < -0.3 is 0 Å². The van der Waals surface area contributed by atoms with Gasteiger partial charge in [0.05, 0.1) is 11.0 Å². The van der Waals surface area contributed by atoms with Crippen LogP contribution in [0.4, 0.5) is 0 Å². The van der Waals surface area contributed by atoms with Gasteiger partial charge in [-0.3, -0.25) is 9.97 Å². The Morgan fingerprint density at radius 3 is 1.98 bits per heavy atom. The highest BCUT2D eigenvalue weighted by Crippen LogP contribution is 2.44. The van der Waals surface area contributed by atoms with E-state index in [1.165, 1.54) is 74.7 Å². The lowest BCUT2D eigenvalue weighted by Crippen LogP contribution is -1.89. The maximum Gasteiger partial charge on any atom is 0.0971 e. The molecule has 10 aromatic rings. The van der Waals surface area contributed by atoms with Crippen molar-refractivity contribution in [3.63, 3.8) is 0 Å². The fourth-order valence-corrected chi connectivity index (χ4v) is 8.26. The van der Waals surface area contributed by atoms with E-state index in [9.17, 15) is 0 Å². The molecule has 8 aromatic carbocycles. The van der Waals surface area contributed by atoms with Gasteiger partial charge in [-0.25, -0.2) is 0 Å². The molecule has 0 aliphatic rings. The van der Waals surface area contributed by atoms with Gasteiger partial charge >= 0.3 is 0 Å². The summed E-state index contributed by atoms with van der Waals surface area (Å²) in [5.41, 5.74) is 6.80. The van der Waals surface area contributed by atoms with Crippen molar-refractivity contribution in [2.24, 2.45) is 0 Å². The Kier molecular flexibility index (Phi) is 4.63. The van der Waals surface area contributed by atoms with Crippen LogP contribution in [0, 0.1) is 0 Å². The molecule has 198 valence electrons. The van der Waals surface area contributed by atoms with E-state index < -0.39 is 0 Å². The topological polar surface area (TPSA) is 25.8 Å². The van der Waals surface area contributed by atoms with Crippen LogP contribution in [-0.2, 0) is 0 Å². The van der Waals surface area contributed by atoms with Crippen LogP contribution in [-0.4, -0.2) is 9.97 Å². The van der Waals surface area contributed by atoms with Crippen molar-refractivity contribution in [3.05, 3.63) is 134 Å². The van der Waals surface area contributed by atoms with E-state index in [1.807, 2.05) is 11.3 Å². The third-order valence-corrected chi connectivity index (χ3v) is 10.2. The van der Waals surface area contributed by atoms with Gasteiger partial charge in [-0.2, -0.15) is 0 Å². The number of hydrogen-bond acceptors (Lipinski definition) is 3. The third-order valence-electron chi connectivity index (χ3n) is 9.10. The summed E-state index contributed by atoms with van der Waals surface area (Å²) < 4.78 is 2.72. The summed E-state index contributed by atoms with van der Waals surface area (Å²) in [5, 5.41) is 12.6. The molecule has 10 rings (SSSR count). The number of nitrogens with zero attached hydrogens (tertiary/aromatic N) is 2. The highest BCUT2D eigenvalue weighted by Gasteiger charge is 2.15. The zero-order valence-corrected chi connectivity index (χ0v) is 23.8. The van der Waals surface area contributed by atoms with Crippen LogP contribution in [0.1, 0.15) is 0 Å². The van der Waals surface area contributed by atoms with E-state index in [1.54, 1.807) is 12.4 Å². The van der Waals surface area contributed by atoms with Crippen molar-refractivity contribution in [2.75, 3.05) is 0 Å². The lowest BCUT2D eigenvalue weighted by Gasteiger charge is -2.12. The molecule has 2 aromatic heterocycles. The first-order valence-corrected chi connectivity index (χ1v) is 15.4. The molecule has 2 nitrogen and oxygen atoms in total. The van der Waals surface area contributed by atoms with Crippen molar-refractivity contribution in [1.82, 2.24) is 9.97 Å². The van der Waals surface area contributed by atoms with E-state index in [2.05, 4.69) is 121 Å².